The highest BCUT2D eigenvalue weighted by Crippen LogP contribution is 2.26. The van der Waals surface area contributed by atoms with Crippen molar-refractivity contribution in [3.8, 4) is 0 Å². The van der Waals surface area contributed by atoms with E-state index in [1.165, 1.54) is 17.1 Å². The topological polar surface area (TPSA) is 57.6 Å². The van der Waals surface area contributed by atoms with Gasteiger partial charge in [0.15, 0.2) is 0 Å². The minimum atomic E-state index is -3.27. The highest BCUT2D eigenvalue weighted by molar-refractivity contribution is 7.88. The monoisotopic (exact) mass is 297 g/mol. The third kappa shape index (κ3) is 4.04. The van der Waals surface area contributed by atoms with Crippen molar-refractivity contribution >= 4 is 10.0 Å². The fourth-order valence-electron chi connectivity index (χ4n) is 2.81. The molecule has 0 unspecified atom stereocenters. The van der Waals surface area contributed by atoms with Crippen LogP contribution in [0.1, 0.15) is 36.8 Å². The van der Waals surface area contributed by atoms with Crippen molar-refractivity contribution in [2.24, 2.45) is 5.92 Å². The lowest BCUT2D eigenvalue weighted by Gasteiger charge is -2.20. The van der Waals surface area contributed by atoms with Gasteiger partial charge in [-0.3, -0.25) is 0 Å². The summed E-state index contributed by atoms with van der Waals surface area (Å²) in [4.78, 5) is 0. The van der Waals surface area contributed by atoms with Gasteiger partial charge in [-0.25, -0.2) is 12.7 Å². The lowest BCUT2D eigenvalue weighted by molar-refractivity contribution is 0.281. The average Bonchev–Trinajstić information content (AvgIpc) is 2.91. The van der Waals surface area contributed by atoms with E-state index in [-0.39, 0.29) is 12.4 Å². The van der Waals surface area contributed by atoms with Crippen LogP contribution in [-0.4, -0.2) is 31.4 Å². The summed E-state index contributed by atoms with van der Waals surface area (Å²) in [6.07, 6.45) is 4.72. The van der Waals surface area contributed by atoms with Gasteiger partial charge in [0.1, 0.15) is 0 Å². The molecule has 0 bridgehead atoms. The molecule has 5 heteroatoms. The second kappa shape index (κ2) is 6.70. The fraction of sp³-hybridized carbons (Fsp3) is 0.600. The van der Waals surface area contributed by atoms with Crippen LogP contribution in [0.25, 0.3) is 0 Å². The van der Waals surface area contributed by atoms with Gasteiger partial charge in [0, 0.05) is 13.6 Å². The van der Waals surface area contributed by atoms with Crippen LogP contribution in [0.4, 0.5) is 0 Å². The summed E-state index contributed by atoms with van der Waals surface area (Å²) in [6.45, 7) is 0.563. The molecular weight excluding hydrogens is 274 g/mol. The van der Waals surface area contributed by atoms with Gasteiger partial charge in [-0.05, 0) is 29.9 Å². The van der Waals surface area contributed by atoms with Crippen molar-refractivity contribution in [2.75, 3.05) is 13.6 Å². The van der Waals surface area contributed by atoms with E-state index in [1.807, 2.05) is 0 Å². The van der Waals surface area contributed by atoms with E-state index in [0.29, 0.717) is 12.5 Å². The van der Waals surface area contributed by atoms with E-state index in [2.05, 4.69) is 0 Å². The zero-order valence-corrected chi connectivity index (χ0v) is 12.8. The molecule has 1 fully saturated rings. The van der Waals surface area contributed by atoms with Gasteiger partial charge in [0.05, 0.1) is 12.4 Å². The van der Waals surface area contributed by atoms with Gasteiger partial charge < -0.3 is 5.11 Å². The Morgan fingerprint density at radius 2 is 1.90 bits per heavy atom. The number of aliphatic hydroxyl groups excluding tert-OH is 1. The highest BCUT2D eigenvalue weighted by atomic mass is 32.2. The first kappa shape index (κ1) is 15.5. The summed E-state index contributed by atoms with van der Waals surface area (Å²) in [5, 5.41) is 9.10. The lowest BCUT2D eigenvalue weighted by Crippen LogP contribution is -2.32. The molecule has 1 saturated carbocycles. The molecule has 1 aromatic rings. The van der Waals surface area contributed by atoms with E-state index in [4.69, 9.17) is 5.11 Å². The minimum Gasteiger partial charge on any atom is -0.392 e. The van der Waals surface area contributed by atoms with Crippen molar-refractivity contribution in [1.82, 2.24) is 4.31 Å². The first-order chi connectivity index (χ1) is 9.51. The van der Waals surface area contributed by atoms with Crippen molar-refractivity contribution in [3.63, 3.8) is 0 Å². The van der Waals surface area contributed by atoms with Crippen LogP contribution >= 0.6 is 0 Å². The number of benzene rings is 1. The van der Waals surface area contributed by atoms with Gasteiger partial charge in [0.2, 0.25) is 10.0 Å². The molecule has 20 heavy (non-hydrogen) atoms. The van der Waals surface area contributed by atoms with Crippen LogP contribution < -0.4 is 0 Å². The summed E-state index contributed by atoms with van der Waals surface area (Å²) >= 11 is 0. The SMILES string of the molecule is CN(CC1CCCC1)S(=O)(=O)Cc1cccc(CO)c1. The summed E-state index contributed by atoms with van der Waals surface area (Å²) in [5.74, 6) is 0.517. The van der Waals surface area contributed by atoms with Crippen LogP contribution in [0.3, 0.4) is 0 Å². The van der Waals surface area contributed by atoms with Crippen LogP contribution in [0.15, 0.2) is 24.3 Å². The first-order valence-corrected chi connectivity index (χ1v) is 8.75. The lowest BCUT2D eigenvalue weighted by atomic mass is 10.1. The smallest absolute Gasteiger partial charge is 0.218 e. The van der Waals surface area contributed by atoms with E-state index in [0.717, 1.165) is 24.0 Å². The molecule has 0 saturated heterocycles. The van der Waals surface area contributed by atoms with Crippen LogP contribution in [0.5, 0.6) is 0 Å². The third-order valence-electron chi connectivity index (χ3n) is 3.99. The Bertz CT molecular complexity index is 536. The summed E-state index contributed by atoms with van der Waals surface area (Å²) < 4.78 is 26.2. The second-order valence-electron chi connectivity index (χ2n) is 5.67. The molecule has 0 aliphatic heterocycles. The molecule has 0 radical (unpaired) electrons. The van der Waals surface area contributed by atoms with Crippen molar-refractivity contribution < 1.29 is 13.5 Å². The van der Waals surface area contributed by atoms with Gasteiger partial charge in [-0.2, -0.15) is 0 Å². The van der Waals surface area contributed by atoms with Gasteiger partial charge >= 0.3 is 0 Å². The second-order valence-corrected chi connectivity index (χ2v) is 7.74. The number of rotatable bonds is 6. The molecule has 1 aliphatic rings. The predicted molar refractivity (Wildman–Crippen MR) is 79.6 cm³/mol. The Morgan fingerprint density at radius 3 is 2.55 bits per heavy atom. The van der Waals surface area contributed by atoms with Crippen LogP contribution in [0.2, 0.25) is 0 Å². The zero-order chi connectivity index (χ0) is 14.6. The number of hydrogen-bond acceptors (Lipinski definition) is 3. The maximum atomic E-state index is 12.4. The van der Waals surface area contributed by atoms with Crippen molar-refractivity contribution in [1.29, 1.82) is 0 Å². The molecule has 2 rings (SSSR count). The van der Waals surface area contributed by atoms with Crippen LogP contribution in [-0.2, 0) is 22.4 Å². The molecule has 1 aromatic carbocycles. The highest BCUT2D eigenvalue weighted by Gasteiger charge is 2.24. The fourth-order valence-corrected chi connectivity index (χ4v) is 4.07. The number of nitrogens with zero attached hydrogens (tertiary/aromatic N) is 1. The Hall–Kier alpha value is -0.910. The summed E-state index contributed by atoms with van der Waals surface area (Å²) in [7, 11) is -1.60. The predicted octanol–water partition coefficient (Wildman–Crippen LogP) is 2.13. The van der Waals surface area contributed by atoms with E-state index in [9.17, 15) is 8.42 Å². The normalized spacial score (nSPS) is 16.9. The molecular formula is C15H23NO3S. The molecule has 112 valence electrons. The Labute approximate surface area is 121 Å². The van der Waals surface area contributed by atoms with Crippen molar-refractivity contribution in [3.05, 3.63) is 35.4 Å². The number of hydrogen-bond donors (Lipinski definition) is 1. The largest absolute Gasteiger partial charge is 0.392 e. The summed E-state index contributed by atoms with van der Waals surface area (Å²) in [5.41, 5.74) is 1.48. The number of aliphatic hydroxyl groups is 1. The Morgan fingerprint density at radius 1 is 1.25 bits per heavy atom. The van der Waals surface area contributed by atoms with Gasteiger partial charge in [-0.1, -0.05) is 37.1 Å². The molecule has 1 aliphatic carbocycles. The minimum absolute atomic E-state index is 0.00403. The quantitative estimate of drug-likeness (QED) is 0.875. The van der Waals surface area contributed by atoms with Crippen LogP contribution in [0, 0.1) is 5.92 Å². The molecule has 0 spiro atoms. The molecule has 0 atom stereocenters. The van der Waals surface area contributed by atoms with Crippen molar-refractivity contribution in [2.45, 2.75) is 38.0 Å². The van der Waals surface area contributed by atoms with E-state index >= 15 is 0 Å². The molecule has 0 heterocycles. The van der Waals surface area contributed by atoms with Gasteiger partial charge in [0.25, 0.3) is 0 Å². The number of sulfonamides is 1. The maximum Gasteiger partial charge on any atom is 0.218 e. The average molecular weight is 297 g/mol. The molecule has 0 amide bonds. The van der Waals surface area contributed by atoms with Gasteiger partial charge in [-0.15, -0.1) is 0 Å². The Kier molecular flexibility index (Phi) is 5.18. The third-order valence-corrected chi connectivity index (χ3v) is 5.78. The molecule has 4 nitrogen and oxygen atoms in total. The maximum absolute atomic E-state index is 12.4. The first-order valence-electron chi connectivity index (χ1n) is 7.14. The van der Waals surface area contributed by atoms with E-state index < -0.39 is 10.0 Å². The zero-order valence-electron chi connectivity index (χ0n) is 12.0. The molecule has 1 N–H and O–H groups in total. The standard InChI is InChI=1S/C15H23NO3S/c1-16(10-13-5-2-3-6-13)20(18,19)12-15-8-4-7-14(9-15)11-17/h4,7-9,13,17H,2-3,5-6,10-12H2,1H3. The Balaban J connectivity index is 2.01. The summed E-state index contributed by atoms with van der Waals surface area (Å²) in [6, 6.07) is 7.12. The molecule has 0 aromatic heterocycles. The van der Waals surface area contributed by atoms with E-state index in [1.54, 1.807) is 31.3 Å².